The number of ether oxygens (including phenoxy) is 1. The first-order valence-corrected chi connectivity index (χ1v) is 12.0. The molecule has 2 aliphatic rings. The molecule has 1 aliphatic heterocycles. The number of nitrogens with zero attached hydrogens (tertiary/aromatic N) is 3. The van der Waals surface area contributed by atoms with E-state index in [1.807, 2.05) is 25.3 Å². The molecular weight excluding hydrogens is 422 g/mol. The molecule has 1 aliphatic carbocycles. The zero-order valence-electron chi connectivity index (χ0n) is 17.9. The Kier molecular flexibility index (Phi) is 6.01. The summed E-state index contributed by atoms with van der Waals surface area (Å²) in [5.74, 6) is 1.03. The molecule has 2 fully saturated rings. The number of halogens is 1. The average Bonchev–Trinajstić information content (AvgIpc) is 3.52. The van der Waals surface area contributed by atoms with Crippen molar-refractivity contribution in [1.82, 2.24) is 9.55 Å². The van der Waals surface area contributed by atoms with Gasteiger partial charge in [0.25, 0.3) is 5.56 Å². The summed E-state index contributed by atoms with van der Waals surface area (Å²) in [5.41, 5.74) is 1.79. The van der Waals surface area contributed by atoms with Crippen LogP contribution in [-0.2, 0) is 16.1 Å². The zero-order valence-corrected chi connectivity index (χ0v) is 19.5. The van der Waals surface area contributed by atoms with Crippen LogP contribution in [0.5, 0.6) is 0 Å². The van der Waals surface area contributed by atoms with Crippen molar-refractivity contribution in [3.63, 3.8) is 0 Å². The lowest BCUT2D eigenvalue weighted by Crippen LogP contribution is -2.29. The highest BCUT2D eigenvalue weighted by Crippen LogP contribution is 2.38. The van der Waals surface area contributed by atoms with E-state index in [1.54, 1.807) is 19.1 Å². The summed E-state index contributed by atoms with van der Waals surface area (Å²) in [6.45, 7) is 8.81. The Morgan fingerprint density at radius 3 is 2.53 bits per heavy atom. The maximum Gasteiger partial charge on any atom is 0.261 e. The normalized spacial score (nSPS) is 20.0. The summed E-state index contributed by atoms with van der Waals surface area (Å²) in [6.07, 6.45) is 3.72. The Hall–Kier alpha value is -1.41. The Morgan fingerprint density at radius 2 is 1.93 bits per heavy atom. The molecule has 1 saturated carbocycles. The molecular formula is C22H28ClN3O3S. The topological polar surface area (TPSA) is 79.5 Å². The van der Waals surface area contributed by atoms with Gasteiger partial charge < -0.3 is 9.29 Å². The van der Waals surface area contributed by atoms with E-state index in [-0.39, 0.29) is 17.5 Å². The lowest BCUT2D eigenvalue weighted by atomic mass is 9.98. The first kappa shape index (κ1) is 21.8. The summed E-state index contributed by atoms with van der Waals surface area (Å²) < 4.78 is 23.9. The minimum Gasteiger partial charge on any atom is -0.591 e. The summed E-state index contributed by atoms with van der Waals surface area (Å²) in [5, 5.41) is 0.949. The quantitative estimate of drug-likeness (QED) is 0.506. The molecule has 162 valence electrons. The molecule has 2 heterocycles. The molecule has 0 amide bonds. The molecule has 0 spiro atoms. The van der Waals surface area contributed by atoms with Gasteiger partial charge in [0.1, 0.15) is 21.9 Å². The van der Waals surface area contributed by atoms with Crippen LogP contribution in [-0.4, -0.2) is 37.8 Å². The predicted molar refractivity (Wildman–Crippen MR) is 122 cm³/mol. The van der Waals surface area contributed by atoms with Crippen LogP contribution >= 0.6 is 11.6 Å². The van der Waals surface area contributed by atoms with Crippen molar-refractivity contribution in [2.75, 3.05) is 13.2 Å². The smallest absolute Gasteiger partial charge is 0.261 e. The molecule has 1 aromatic carbocycles. The van der Waals surface area contributed by atoms with Crippen LogP contribution in [0.25, 0.3) is 10.9 Å². The van der Waals surface area contributed by atoms with Crippen LogP contribution in [0.4, 0.5) is 0 Å². The molecule has 1 unspecified atom stereocenters. The molecule has 8 heteroatoms. The second-order valence-electron chi connectivity index (χ2n) is 9.15. The highest BCUT2D eigenvalue weighted by molar-refractivity contribution is 7.91. The Labute approximate surface area is 185 Å². The monoisotopic (exact) mass is 449 g/mol. The number of fused-ring (bicyclic) bond motifs is 1. The molecule has 0 N–H and O–H groups in total. The SMILES string of the molecule is CC(=N[S+]([O-])C(C)(C)C)c1cc(Cl)cc2c(=O)n(C3CC3)c(C3CCOCC3)nc12. The minimum atomic E-state index is -1.42. The summed E-state index contributed by atoms with van der Waals surface area (Å²) in [7, 11) is 0. The first-order valence-electron chi connectivity index (χ1n) is 10.5. The molecule has 0 radical (unpaired) electrons. The summed E-state index contributed by atoms with van der Waals surface area (Å²) >= 11 is 4.96. The van der Waals surface area contributed by atoms with Gasteiger partial charge in [-0.05, 0) is 65.5 Å². The Bertz CT molecular complexity index is 1050. The van der Waals surface area contributed by atoms with E-state index < -0.39 is 16.1 Å². The van der Waals surface area contributed by atoms with Crippen molar-refractivity contribution in [2.24, 2.45) is 4.40 Å². The van der Waals surface area contributed by atoms with E-state index >= 15 is 0 Å². The van der Waals surface area contributed by atoms with Gasteiger partial charge in [0.05, 0.1) is 16.6 Å². The van der Waals surface area contributed by atoms with Crippen molar-refractivity contribution in [2.45, 2.75) is 70.1 Å². The third-order valence-corrected chi connectivity index (χ3v) is 7.33. The molecule has 1 aromatic heterocycles. The van der Waals surface area contributed by atoms with Crippen LogP contribution in [0.15, 0.2) is 21.3 Å². The van der Waals surface area contributed by atoms with E-state index in [9.17, 15) is 9.35 Å². The molecule has 6 nitrogen and oxygen atoms in total. The van der Waals surface area contributed by atoms with Crippen LogP contribution in [0.3, 0.4) is 0 Å². The fraction of sp³-hybridized carbons (Fsp3) is 0.591. The number of hydrogen-bond acceptors (Lipinski definition) is 5. The van der Waals surface area contributed by atoms with Crippen molar-refractivity contribution >= 4 is 39.6 Å². The van der Waals surface area contributed by atoms with Crippen LogP contribution in [0.2, 0.25) is 5.02 Å². The zero-order chi connectivity index (χ0) is 21.6. The van der Waals surface area contributed by atoms with Gasteiger partial charge >= 0.3 is 0 Å². The molecule has 1 atom stereocenters. The van der Waals surface area contributed by atoms with Crippen LogP contribution < -0.4 is 5.56 Å². The third-order valence-electron chi connectivity index (χ3n) is 5.63. The Balaban J connectivity index is 1.93. The molecule has 2 aromatic rings. The third kappa shape index (κ3) is 4.31. The van der Waals surface area contributed by atoms with Crippen molar-refractivity contribution in [1.29, 1.82) is 0 Å². The highest BCUT2D eigenvalue weighted by atomic mass is 35.5. The van der Waals surface area contributed by atoms with Crippen molar-refractivity contribution in [3.05, 3.63) is 38.9 Å². The van der Waals surface area contributed by atoms with Gasteiger partial charge in [-0.15, -0.1) is 0 Å². The number of rotatable bonds is 4. The van der Waals surface area contributed by atoms with Gasteiger partial charge in [-0.25, -0.2) is 4.98 Å². The van der Waals surface area contributed by atoms with Gasteiger partial charge in [0.15, 0.2) is 0 Å². The standard InChI is InChI=1S/C22H28ClN3O3S/c1-13(25-30(28)22(2,3)4)17-11-15(23)12-18-19(17)24-20(14-7-9-29-10-8-14)26(21(18)27)16-5-6-16/h11-12,14,16H,5-10H2,1-4H3. The van der Waals surface area contributed by atoms with Gasteiger partial charge in [0, 0.05) is 35.8 Å². The van der Waals surface area contributed by atoms with Crippen molar-refractivity contribution < 1.29 is 9.29 Å². The van der Waals surface area contributed by atoms with Crippen LogP contribution in [0.1, 0.15) is 76.7 Å². The largest absolute Gasteiger partial charge is 0.591 e. The number of aromatic nitrogens is 2. The van der Waals surface area contributed by atoms with Gasteiger partial charge in [-0.3, -0.25) is 9.36 Å². The summed E-state index contributed by atoms with van der Waals surface area (Å²) in [4.78, 5) is 18.5. The first-order chi connectivity index (χ1) is 14.2. The second kappa shape index (κ2) is 8.26. The molecule has 30 heavy (non-hydrogen) atoms. The van der Waals surface area contributed by atoms with Crippen LogP contribution in [0, 0.1) is 0 Å². The van der Waals surface area contributed by atoms with E-state index in [0.29, 0.717) is 40.4 Å². The van der Waals surface area contributed by atoms with Gasteiger partial charge in [0.2, 0.25) is 0 Å². The Morgan fingerprint density at radius 1 is 1.27 bits per heavy atom. The molecule has 1 saturated heterocycles. The fourth-order valence-corrected chi connectivity index (χ4v) is 4.64. The second-order valence-corrected chi connectivity index (χ2v) is 11.5. The minimum absolute atomic E-state index is 0.0440. The van der Waals surface area contributed by atoms with E-state index in [2.05, 4.69) is 4.40 Å². The summed E-state index contributed by atoms with van der Waals surface area (Å²) in [6, 6.07) is 3.68. The lowest BCUT2D eigenvalue weighted by Gasteiger charge is -2.25. The molecule has 4 rings (SSSR count). The predicted octanol–water partition coefficient (Wildman–Crippen LogP) is 4.55. The van der Waals surface area contributed by atoms with E-state index in [1.165, 1.54) is 0 Å². The highest BCUT2D eigenvalue weighted by Gasteiger charge is 2.33. The van der Waals surface area contributed by atoms with Crippen molar-refractivity contribution in [3.8, 4) is 0 Å². The van der Waals surface area contributed by atoms with E-state index in [0.717, 1.165) is 31.5 Å². The van der Waals surface area contributed by atoms with E-state index in [4.69, 9.17) is 21.3 Å². The number of benzene rings is 1. The average molecular weight is 450 g/mol. The molecule has 0 bridgehead atoms. The number of hydrogen-bond donors (Lipinski definition) is 0. The van der Waals surface area contributed by atoms with Gasteiger partial charge in [-0.1, -0.05) is 16.0 Å². The fourth-order valence-electron chi connectivity index (χ4n) is 3.80. The maximum atomic E-state index is 13.5. The lowest BCUT2D eigenvalue weighted by molar-refractivity contribution is 0.0825. The maximum absolute atomic E-state index is 13.5. The van der Waals surface area contributed by atoms with Gasteiger partial charge in [-0.2, -0.15) is 0 Å².